The molecule has 1 aliphatic rings. The van der Waals surface area contributed by atoms with Crippen LogP contribution < -0.4 is 5.32 Å². The summed E-state index contributed by atoms with van der Waals surface area (Å²) in [4.78, 5) is 2.61. The van der Waals surface area contributed by atoms with Gasteiger partial charge in [0.25, 0.3) is 0 Å². The van der Waals surface area contributed by atoms with E-state index in [-0.39, 0.29) is 0 Å². The lowest BCUT2D eigenvalue weighted by Gasteiger charge is -2.33. The Morgan fingerprint density at radius 2 is 1.88 bits per heavy atom. The van der Waals surface area contributed by atoms with Crippen LogP contribution >= 0.6 is 11.8 Å². The van der Waals surface area contributed by atoms with E-state index in [9.17, 15) is 0 Å². The first kappa shape index (κ1) is 14.3. The number of rotatable bonds is 6. The van der Waals surface area contributed by atoms with Crippen molar-refractivity contribution in [2.24, 2.45) is 5.92 Å². The SMILES string of the molecule is CSC(C)CNC1CCN(CC(C)C)CC1. The van der Waals surface area contributed by atoms with Gasteiger partial charge in [0.15, 0.2) is 0 Å². The lowest BCUT2D eigenvalue weighted by Crippen LogP contribution is -2.44. The minimum absolute atomic E-state index is 0.744. The van der Waals surface area contributed by atoms with E-state index in [1.54, 1.807) is 0 Å². The first-order valence-electron chi connectivity index (χ1n) is 6.60. The van der Waals surface area contributed by atoms with Crippen LogP contribution in [0.5, 0.6) is 0 Å². The Morgan fingerprint density at radius 3 is 2.38 bits per heavy atom. The van der Waals surface area contributed by atoms with Crippen LogP contribution in [0.3, 0.4) is 0 Å². The van der Waals surface area contributed by atoms with E-state index < -0.39 is 0 Å². The molecule has 0 saturated carbocycles. The maximum atomic E-state index is 3.70. The predicted molar refractivity (Wildman–Crippen MR) is 75.3 cm³/mol. The lowest BCUT2D eigenvalue weighted by atomic mass is 10.0. The molecule has 1 aliphatic heterocycles. The van der Waals surface area contributed by atoms with Crippen molar-refractivity contribution in [3.8, 4) is 0 Å². The van der Waals surface area contributed by atoms with Gasteiger partial charge in [0.05, 0.1) is 0 Å². The summed E-state index contributed by atoms with van der Waals surface area (Å²) in [6, 6.07) is 0.762. The van der Waals surface area contributed by atoms with Crippen molar-refractivity contribution in [1.29, 1.82) is 0 Å². The average Bonchev–Trinajstić information content (AvgIpc) is 2.27. The van der Waals surface area contributed by atoms with Gasteiger partial charge in [-0.3, -0.25) is 0 Å². The van der Waals surface area contributed by atoms with Crippen molar-refractivity contribution in [3.63, 3.8) is 0 Å². The topological polar surface area (TPSA) is 15.3 Å². The van der Waals surface area contributed by atoms with Gasteiger partial charge in [-0.15, -0.1) is 0 Å². The summed E-state index contributed by atoms with van der Waals surface area (Å²) in [5.41, 5.74) is 0. The van der Waals surface area contributed by atoms with Crippen LogP contribution in [0.1, 0.15) is 33.6 Å². The van der Waals surface area contributed by atoms with Gasteiger partial charge in [-0.25, -0.2) is 0 Å². The fourth-order valence-electron chi connectivity index (χ4n) is 2.25. The van der Waals surface area contributed by atoms with Gasteiger partial charge < -0.3 is 10.2 Å². The van der Waals surface area contributed by atoms with Crippen molar-refractivity contribution in [3.05, 3.63) is 0 Å². The highest BCUT2D eigenvalue weighted by atomic mass is 32.2. The molecule has 1 unspecified atom stereocenters. The van der Waals surface area contributed by atoms with E-state index in [1.807, 2.05) is 11.8 Å². The molecule has 1 fully saturated rings. The summed E-state index contributed by atoms with van der Waals surface area (Å²) < 4.78 is 0. The Hall–Kier alpha value is 0.270. The van der Waals surface area contributed by atoms with Crippen molar-refractivity contribution in [2.45, 2.75) is 44.9 Å². The van der Waals surface area contributed by atoms with E-state index in [2.05, 4.69) is 37.2 Å². The Morgan fingerprint density at radius 1 is 1.25 bits per heavy atom. The molecule has 1 N–H and O–H groups in total. The van der Waals surface area contributed by atoms with Crippen LogP contribution in [0.25, 0.3) is 0 Å². The van der Waals surface area contributed by atoms with Gasteiger partial charge >= 0.3 is 0 Å². The standard InChI is InChI=1S/C13H28N2S/c1-11(2)10-15-7-5-13(6-8-15)14-9-12(3)16-4/h11-14H,5-10H2,1-4H3. The predicted octanol–water partition coefficient (Wildman–Crippen LogP) is 2.45. The summed E-state index contributed by atoms with van der Waals surface area (Å²) in [5.74, 6) is 0.807. The average molecular weight is 244 g/mol. The Kier molecular flexibility index (Phi) is 6.78. The van der Waals surface area contributed by atoms with Gasteiger partial charge in [-0.2, -0.15) is 11.8 Å². The molecular weight excluding hydrogens is 216 g/mol. The summed E-state index contributed by atoms with van der Waals surface area (Å²) in [6.45, 7) is 11.9. The molecule has 0 spiro atoms. The highest BCUT2D eigenvalue weighted by Crippen LogP contribution is 2.13. The quantitative estimate of drug-likeness (QED) is 0.772. The molecule has 1 heterocycles. The van der Waals surface area contributed by atoms with Crippen LogP contribution in [-0.2, 0) is 0 Å². The Bertz CT molecular complexity index is 177. The smallest absolute Gasteiger partial charge is 0.0141 e. The maximum Gasteiger partial charge on any atom is 0.0141 e. The van der Waals surface area contributed by atoms with Crippen molar-refractivity contribution in [1.82, 2.24) is 10.2 Å². The number of piperidine rings is 1. The Labute approximate surface area is 106 Å². The molecule has 1 rings (SSSR count). The first-order valence-corrected chi connectivity index (χ1v) is 7.89. The summed E-state index contributed by atoms with van der Waals surface area (Å²) in [6.07, 6.45) is 4.85. The van der Waals surface area contributed by atoms with Gasteiger partial charge in [0.1, 0.15) is 0 Å². The number of nitrogens with zero attached hydrogens (tertiary/aromatic N) is 1. The van der Waals surface area contributed by atoms with Crippen molar-refractivity contribution >= 4 is 11.8 Å². The second-order valence-corrected chi connectivity index (χ2v) is 6.70. The highest BCUT2D eigenvalue weighted by molar-refractivity contribution is 7.99. The molecule has 0 aromatic carbocycles. The third-order valence-electron chi connectivity index (χ3n) is 3.31. The molecule has 0 aromatic rings. The number of hydrogen-bond donors (Lipinski definition) is 1. The zero-order valence-corrected chi connectivity index (χ0v) is 12.1. The number of thioether (sulfide) groups is 1. The molecule has 0 aromatic heterocycles. The van der Waals surface area contributed by atoms with E-state index >= 15 is 0 Å². The molecule has 1 saturated heterocycles. The van der Waals surface area contributed by atoms with E-state index in [0.717, 1.165) is 23.8 Å². The second kappa shape index (κ2) is 7.57. The zero-order valence-electron chi connectivity index (χ0n) is 11.3. The Balaban J connectivity index is 2.12. The van der Waals surface area contributed by atoms with Crippen molar-refractivity contribution in [2.75, 3.05) is 32.4 Å². The number of nitrogens with one attached hydrogen (secondary N) is 1. The van der Waals surface area contributed by atoms with E-state index in [1.165, 1.54) is 32.5 Å². The van der Waals surface area contributed by atoms with Crippen LogP contribution in [0.15, 0.2) is 0 Å². The summed E-state index contributed by atoms with van der Waals surface area (Å²) >= 11 is 1.95. The molecule has 3 heteroatoms. The molecular formula is C13H28N2S. The van der Waals surface area contributed by atoms with Gasteiger partial charge in [0, 0.05) is 24.4 Å². The third kappa shape index (κ3) is 5.55. The van der Waals surface area contributed by atoms with E-state index in [4.69, 9.17) is 0 Å². The van der Waals surface area contributed by atoms with Gasteiger partial charge in [-0.05, 0) is 38.1 Å². The van der Waals surface area contributed by atoms with Crippen LogP contribution in [-0.4, -0.2) is 48.6 Å². The van der Waals surface area contributed by atoms with Crippen LogP contribution in [0.2, 0.25) is 0 Å². The molecule has 0 bridgehead atoms. The lowest BCUT2D eigenvalue weighted by molar-refractivity contribution is 0.180. The second-order valence-electron chi connectivity index (χ2n) is 5.42. The highest BCUT2D eigenvalue weighted by Gasteiger charge is 2.19. The van der Waals surface area contributed by atoms with Crippen molar-refractivity contribution < 1.29 is 0 Å². The zero-order chi connectivity index (χ0) is 12.0. The van der Waals surface area contributed by atoms with Crippen LogP contribution in [0.4, 0.5) is 0 Å². The minimum Gasteiger partial charge on any atom is -0.313 e. The summed E-state index contributed by atoms with van der Waals surface area (Å²) in [5, 5.41) is 4.44. The first-order chi connectivity index (χ1) is 7.61. The van der Waals surface area contributed by atoms with Gasteiger partial charge in [0.2, 0.25) is 0 Å². The molecule has 16 heavy (non-hydrogen) atoms. The molecule has 96 valence electrons. The normalized spacial score (nSPS) is 21.6. The molecule has 2 nitrogen and oxygen atoms in total. The molecule has 1 atom stereocenters. The van der Waals surface area contributed by atoms with E-state index in [0.29, 0.717) is 0 Å². The fourth-order valence-corrected chi connectivity index (χ4v) is 2.51. The fraction of sp³-hybridized carbons (Fsp3) is 1.00. The minimum atomic E-state index is 0.744. The molecule has 0 radical (unpaired) electrons. The maximum absolute atomic E-state index is 3.70. The monoisotopic (exact) mass is 244 g/mol. The third-order valence-corrected chi connectivity index (χ3v) is 4.28. The largest absolute Gasteiger partial charge is 0.313 e. The summed E-state index contributed by atoms with van der Waals surface area (Å²) in [7, 11) is 0. The number of hydrogen-bond acceptors (Lipinski definition) is 3. The van der Waals surface area contributed by atoms with Crippen LogP contribution in [0, 0.1) is 5.92 Å². The number of likely N-dealkylation sites (tertiary alicyclic amines) is 1. The molecule has 0 amide bonds. The molecule has 0 aliphatic carbocycles. The van der Waals surface area contributed by atoms with Gasteiger partial charge in [-0.1, -0.05) is 20.8 Å².